The van der Waals surface area contributed by atoms with Crippen LogP contribution < -0.4 is 5.32 Å². The molecule has 0 spiro atoms. The third-order valence-corrected chi connectivity index (χ3v) is 3.53. The maximum atomic E-state index is 13.0. The molecule has 0 radical (unpaired) electrons. The molecule has 1 aliphatic rings. The van der Waals surface area contributed by atoms with E-state index < -0.39 is 0 Å². The van der Waals surface area contributed by atoms with Crippen LogP contribution in [0.25, 0.3) is 0 Å². The van der Waals surface area contributed by atoms with Crippen LogP contribution in [0.3, 0.4) is 0 Å². The summed E-state index contributed by atoms with van der Waals surface area (Å²) in [4.78, 5) is 0. The van der Waals surface area contributed by atoms with Gasteiger partial charge in [-0.1, -0.05) is 13.0 Å². The van der Waals surface area contributed by atoms with Gasteiger partial charge in [0.15, 0.2) is 0 Å². The number of benzene rings is 1. The standard InChI is InChI=1S/C14H20FN/c1-10-5-6-16-14(7-10)9-12-3-4-13(15)8-11(12)2/h3-4,8,10,14,16H,5-7,9H2,1-2H3. The first-order valence-electron chi connectivity index (χ1n) is 6.13. The number of piperidine rings is 1. The highest BCUT2D eigenvalue weighted by molar-refractivity contribution is 5.27. The van der Waals surface area contributed by atoms with Crippen molar-refractivity contribution in [3.8, 4) is 0 Å². The number of hydrogen-bond acceptors (Lipinski definition) is 1. The van der Waals surface area contributed by atoms with Gasteiger partial charge in [0.2, 0.25) is 0 Å². The molecule has 1 N–H and O–H groups in total. The van der Waals surface area contributed by atoms with Crippen molar-refractivity contribution in [2.24, 2.45) is 5.92 Å². The van der Waals surface area contributed by atoms with Gasteiger partial charge in [-0.3, -0.25) is 0 Å². The van der Waals surface area contributed by atoms with E-state index in [0.29, 0.717) is 6.04 Å². The minimum atomic E-state index is -0.133. The summed E-state index contributed by atoms with van der Waals surface area (Å²) in [6.45, 7) is 5.42. The van der Waals surface area contributed by atoms with Gasteiger partial charge in [-0.25, -0.2) is 4.39 Å². The van der Waals surface area contributed by atoms with Crippen molar-refractivity contribution in [3.05, 3.63) is 35.1 Å². The first-order chi connectivity index (χ1) is 7.65. The van der Waals surface area contributed by atoms with Crippen LogP contribution in [0.2, 0.25) is 0 Å². The van der Waals surface area contributed by atoms with E-state index in [4.69, 9.17) is 0 Å². The topological polar surface area (TPSA) is 12.0 Å². The van der Waals surface area contributed by atoms with E-state index in [1.165, 1.54) is 18.4 Å². The number of halogens is 1. The minimum absolute atomic E-state index is 0.133. The summed E-state index contributed by atoms with van der Waals surface area (Å²) in [5.41, 5.74) is 2.34. The summed E-state index contributed by atoms with van der Waals surface area (Å²) in [6, 6.07) is 5.68. The molecule has 0 bridgehead atoms. The van der Waals surface area contributed by atoms with E-state index in [-0.39, 0.29) is 5.82 Å². The summed E-state index contributed by atoms with van der Waals surface area (Å²) < 4.78 is 13.0. The molecular formula is C14H20FN. The monoisotopic (exact) mass is 221 g/mol. The summed E-state index contributed by atoms with van der Waals surface area (Å²) in [7, 11) is 0. The molecule has 0 aromatic heterocycles. The van der Waals surface area contributed by atoms with Crippen LogP contribution in [0.15, 0.2) is 18.2 Å². The molecule has 1 aromatic carbocycles. The lowest BCUT2D eigenvalue weighted by molar-refractivity contribution is 0.318. The lowest BCUT2D eigenvalue weighted by Gasteiger charge is -2.28. The Labute approximate surface area is 97.1 Å². The Morgan fingerprint density at radius 1 is 1.44 bits per heavy atom. The molecule has 2 atom stereocenters. The molecule has 1 saturated heterocycles. The Morgan fingerprint density at radius 2 is 2.25 bits per heavy atom. The number of aryl methyl sites for hydroxylation is 1. The van der Waals surface area contributed by atoms with Gasteiger partial charge in [0.25, 0.3) is 0 Å². The minimum Gasteiger partial charge on any atom is -0.314 e. The third kappa shape index (κ3) is 2.82. The Bertz CT molecular complexity index is 362. The van der Waals surface area contributed by atoms with Gasteiger partial charge in [0.05, 0.1) is 0 Å². The van der Waals surface area contributed by atoms with E-state index in [2.05, 4.69) is 12.2 Å². The summed E-state index contributed by atoms with van der Waals surface area (Å²) in [6.07, 6.45) is 3.53. The zero-order valence-corrected chi connectivity index (χ0v) is 10.1. The normalized spacial score (nSPS) is 25.7. The van der Waals surface area contributed by atoms with E-state index in [1.54, 1.807) is 12.1 Å². The van der Waals surface area contributed by atoms with Crippen LogP contribution in [0.5, 0.6) is 0 Å². The third-order valence-electron chi connectivity index (χ3n) is 3.53. The summed E-state index contributed by atoms with van der Waals surface area (Å²) >= 11 is 0. The first kappa shape index (κ1) is 11.6. The SMILES string of the molecule is Cc1cc(F)ccc1CC1CC(C)CCN1. The highest BCUT2D eigenvalue weighted by atomic mass is 19.1. The molecule has 2 rings (SSSR count). The number of nitrogens with one attached hydrogen (secondary N) is 1. The molecule has 2 unspecified atom stereocenters. The maximum Gasteiger partial charge on any atom is 0.123 e. The van der Waals surface area contributed by atoms with Crippen LogP contribution in [-0.4, -0.2) is 12.6 Å². The first-order valence-corrected chi connectivity index (χ1v) is 6.13. The van der Waals surface area contributed by atoms with E-state index >= 15 is 0 Å². The zero-order chi connectivity index (χ0) is 11.5. The van der Waals surface area contributed by atoms with Crippen LogP contribution in [0, 0.1) is 18.7 Å². The Hall–Kier alpha value is -0.890. The van der Waals surface area contributed by atoms with Crippen LogP contribution in [-0.2, 0) is 6.42 Å². The molecule has 1 aromatic rings. The quantitative estimate of drug-likeness (QED) is 0.809. The van der Waals surface area contributed by atoms with Gasteiger partial charge in [-0.2, -0.15) is 0 Å². The molecule has 2 heteroatoms. The lowest BCUT2D eigenvalue weighted by Crippen LogP contribution is -2.38. The van der Waals surface area contributed by atoms with Crippen molar-refractivity contribution in [1.29, 1.82) is 0 Å². The molecule has 88 valence electrons. The summed E-state index contributed by atoms with van der Waals surface area (Å²) in [5.74, 6) is 0.679. The van der Waals surface area contributed by atoms with E-state index in [1.807, 2.05) is 13.0 Å². The van der Waals surface area contributed by atoms with Crippen molar-refractivity contribution < 1.29 is 4.39 Å². The molecule has 0 amide bonds. The van der Waals surface area contributed by atoms with Gasteiger partial charge in [0, 0.05) is 6.04 Å². The van der Waals surface area contributed by atoms with Gasteiger partial charge in [-0.15, -0.1) is 0 Å². The van der Waals surface area contributed by atoms with Gasteiger partial charge in [0.1, 0.15) is 5.82 Å². The van der Waals surface area contributed by atoms with E-state index in [9.17, 15) is 4.39 Å². The Morgan fingerprint density at radius 3 is 2.94 bits per heavy atom. The second kappa shape index (κ2) is 4.96. The van der Waals surface area contributed by atoms with Crippen molar-refractivity contribution in [3.63, 3.8) is 0 Å². The zero-order valence-electron chi connectivity index (χ0n) is 10.1. The molecular weight excluding hydrogens is 201 g/mol. The highest BCUT2D eigenvalue weighted by Crippen LogP contribution is 2.20. The molecule has 1 fully saturated rings. The van der Waals surface area contributed by atoms with Gasteiger partial charge < -0.3 is 5.32 Å². The van der Waals surface area contributed by atoms with Crippen molar-refractivity contribution in [1.82, 2.24) is 5.32 Å². The van der Waals surface area contributed by atoms with Gasteiger partial charge in [-0.05, 0) is 61.9 Å². The van der Waals surface area contributed by atoms with Crippen molar-refractivity contribution in [2.45, 2.75) is 39.2 Å². The second-order valence-electron chi connectivity index (χ2n) is 5.06. The lowest BCUT2D eigenvalue weighted by atomic mass is 9.89. The molecule has 0 aliphatic carbocycles. The fourth-order valence-electron chi connectivity index (χ4n) is 2.53. The van der Waals surface area contributed by atoms with Crippen LogP contribution >= 0.6 is 0 Å². The average molecular weight is 221 g/mol. The number of rotatable bonds is 2. The average Bonchev–Trinajstić information content (AvgIpc) is 2.22. The molecule has 1 heterocycles. The fraction of sp³-hybridized carbons (Fsp3) is 0.571. The van der Waals surface area contributed by atoms with Crippen LogP contribution in [0.4, 0.5) is 4.39 Å². The Kier molecular flexibility index (Phi) is 3.59. The van der Waals surface area contributed by atoms with Crippen molar-refractivity contribution >= 4 is 0 Å². The smallest absolute Gasteiger partial charge is 0.123 e. The largest absolute Gasteiger partial charge is 0.314 e. The van der Waals surface area contributed by atoms with E-state index in [0.717, 1.165) is 24.4 Å². The molecule has 0 saturated carbocycles. The molecule has 1 nitrogen and oxygen atoms in total. The maximum absolute atomic E-state index is 13.0. The fourth-order valence-corrected chi connectivity index (χ4v) is 2.53. The predicted molar refractivity (Wildman–Crippen MR) is 65.0 cm³/mol. The Balaban J connectivity index is 2.02. The second-order valence-corrected chi connectivity index (χ2v) is 5.06. The molecule has 1 aliphatic heterocycles. The summed E-state index contributed by atoms with van der Waals surface area (Å²) in [5, 5.41) is 3.55. The number of hydrogen-bond donors (Lipinski definition) is 1. The van der Waals surface area contributed by atoms with Gasteiger partial charge >= 0.3 is 0 Å². The van der Waals surface area contributed by atoms with Crippen LogP contribution in [0.1, 0.15) is 30.9 Å². The highest BCUT2D eigenvalue weighted by Gasteiger charge is 2.18. The predicted octanol–water partition coefficient (Wildman–Crippen LogP) is 3.06. The van der Waals surface area contributed by atoms with Crippen molar-refractivity contribution in [2.75, 3.05) is 6.54 Å². The molecule has 16 heavy (non-hydrogen) atoms.